The van der Waals surface area contributed by atoms with Gasteiger partial charge >= 0.3 is 0 Å². The summed E-state index contributed by atoms with van der Waals surface area (Å²) in [6.07, 6.45) is 2.01. The fourth-order valence-corrected chi connectivity index (χ4v) is 2.46. The molecule has 1 N–H and O–H groups in total. The third-order valence-corrected chi connectivity index (χ3v) is 3.84. The van der Waals surface area contributed by atoms with Crippen LogP contribution < -0.4 is 10.1 Å². The number of carbonyl (C=O) groups excluding carboxylic acids is 1. The molecule has 0 spiro atoms. The van der Waals surface area contributed by atoms with Crippen LogP contribution in [0.25, 0.3) is 0 Å². The summed E-state index contributed by atoms with van der Waals surface area (Å²) in [5.74, 6) is 0.328. The Kier molecular flexibility index (Phi) is 7.76. The summed E-state index contributed by atoms with van der Waals surface area (Å²) >= 11 is 0. The van der Waals surface area contributed by atoms with Gasteiger partial charge in [-0.15, -0.1) is 0 Å². The molecule has 1 amide bonds. The first kappa shape index (κ1) is 20.4. The van der Waals surface area contributed by atoms with Gasteiger partial charge in [0.2, 0.25) is 0 Å². The molecular formula is C20H24N2O5. The average Bonchev–Trinajstić information content (AvgIpc) is 2.66. The highest BCUT2D eigenvalue weighted by Gasteiger charge is 2.13. The van der Waals surface area contributed by atoms with Crippen LogP contribution in [0.1, 0.15) is 42.6 Å². The van der Waals surface area contributed by atoms with Crippen LogP contribution >= 0.6 is 0 Å². The van der Waals surface area contributed by atoms with Crippen molar-refractivity contribution in [3.63, 3.8) is 0 Å². The van der Waals surface area contributed by atoms with Crippen molar-refractivity contribution < 1.29 is 19.2 Å². The van der Waals surface area contributed by atoms with E-state index >= 15 is 0 Å². The van der Waals surface area contributed by atoms with Crippen LogP contribution in [-0.2, 0) is 11.3 Å². The van der Waals surface area contributed by atoms with Crippen LogP contribution in [0.3, 0.4) is 0 Å². The molecule has 0 saturated heterocycles. The second kappa shape index (κ2) is 10.3. The number of benzene rings is 2. The van der Waals surface area contributed by atoms with Gasteiger partial charge in [-0.2, -0.15) is 0 Å². The van der Waals surface area contributed by atoms with Gasteiger partial charge in [-0.05, 0) is 37.6 Å². The van der Waals surface area contributed by atoms with Gasteiger partial charge in [-0.1, -0.05) is 19.4 Å². The maximum absolute atomic E-state index is 12.5. The number of hydrogen-bond donors (Lipinski definition) is 1. The van der Waals surface area contributed by atoms with E-state index in [4.69, 9.17) is 9.47 Å². The van der Waals surface area contributed by atoms with Gasteiger partial charge < -0.3 is 14.8 Å². The van der Waals surface area contributed by atoms with Gasteiger partial charge in [0.1, 0.15) is 5.75 Å². The van der Waals surface area contributed by atoms with Crippen LogP contribution in [0.15, 0.2) is 42.5 Å². The summed E-state index contributed by atoms with van der Waals surface area (Å²) in [6.45, 7) is 5.50. The van der Waals surface area contributed by atoms with Crippen molar-refractivity contribution in [3.8, 4) is 5.75 Å². The van der Waals surface area contributed by atoms with Crippen molar-refractivity contribution in [2.45, 2.75) is 33.3 Å². The first-order valence-electron chi connectivity index (χ1n) is 8.94. The van der Waals surface area contributed by atoms with Gasteiger partial charge in [-0.25, -0.2) is 0 Å². The Morgan fingerprint density at radius 2 is 2.00 bits per heavy atom. The van der Waals surface area contributed by atoms with Crippen molar-refractivity contribution >= 4 is 17.3 Å². The van der Waals surface area contributed by atoms with E-state index in [1.807, 2.05) is 6.92 Å². The minimum atomic E-state index is -0.502. The molecule has 0 bridgehead atoms. The molecule has 144 valence electrons. The van der Waals surface area contributed by atoms with E-state index in [9.17, 15) is 14.9 Å². The van der Waals surface area contributed by atoms with Crippen molar-refractivity contribution in [2.24, 2.45) is 0 Å². The predicted molar refractivity (Wildman–Crippen MR) is 103 cm³/mol. The highest BCUT2D eigenvalue weighted by Crippen LogP contribution is 2.23. The molecular weight excluding hydrogens is 348 g/mol. The highest BCUT2D eigenvalue weighted by atomic mass is 16.6. The Labute approximate surface area is 158 Å². The summed E-state index contributed by atoms with van der Waals surface area (Å²) in [5, 5.41) is 13.5. The monoisotopic (exact) mass is 372 g/mol. The lowest BCUT2D eigenvalue weighted by atomic mass is 10.1. The zero-order valence-electron chi connectivity index (χ0n) is 15.6. The van der Waals surface area contributed by atoms with Crippen molar-refractivity contribution in [1.82, 2.24) is 0 Å². The lowest BCUT2D eigenvalue weighted by Gasteiger charge is -2.13. The third kappa shape index (κ3) is 6.07. The van der Waals surface area contributed by atoms with Gasteiger partial charge in [0, 0.05) is 35.6 Å². The molecule has 0 saturated carbocycles. The molecule has 0 aliphatic heterocycles. The minimum absolute atomic E-state index is 0.0792. The number of hydrogen-bond acceptors (Lipinski definition) is 5. The molecule has 0 fully saturated rings. The summed E-state index contributed by atoms with van der Waals surface area (Å²) in [7, 11) is 0. The number of nitro benzene ring substituents is 1. The van der Waals surface area contributed by atoms with E-state index in [1.165, 1.54) is 18.2 Å². The molecule has 0 aromatic heterocycles. The molecule has 0 aliphatic rings. The fraction of sp³-hybridized carbons (Fsp3) is 0.350. The fourth-order valence-electron chi connectivity index (χ4n) is 2.46. The Morgan fingerprint density at radius 1 is 1.19 bits per heavy atom. The van der Waals surface area contributed by atoms with Crippen LogP contribution in [0.5, 0.6) is 5.75 Å². The second-order valence-corrected chi connectivity index (χ2v) is 5.92. The van der Waals surface area contributed by atoms with Crippen LogP contribution in [0.2, 0.25) is 0 Å². The van der Waals surface area contributed by atoms with Gasteiger partial charge in [0.05, 0.1) is 18.1 Å². The largest absolute Gasteiger partial charge is 0.494 e. The number of ether oxygens (including phenoxy) is 2. The SMILES string of the molecule is CCCCOCc1cc(C(=O)Nc2cccc([N+](=O)[O-])c2)ccc1OCC. The van der Waals surface area contributed by atoms with Gasteiger partial charge in [0.25, 0.3) is 11.6 Å². The minimum Gasteiger partial charge on any atom is -0.494 e. The van der Waals surface area contributed by atoms with Crippen molar-refractivity contribution in [1.29, 1.82) is 0 Å². The lowest BCUT2D eigenvalue weighted by molar-refractivity contribution is -0.384. The topological polar surface area (TPSA) is 90.7 Å². The van der Waals surface area contributed by atoms with Crippen LogP contribution in [0, 0.1) is 10.1 Å². The number of rotatable bonds is 10. The molecule has 0 aliphatic carbocycles. The molecule has 0 atom stereocenters. The summed E-state index contributed by atoms with van der Waals surface area (Å²) in [6, 6.07) is 11.0. The molecule has 0 unspecified atom stereocenters. The molecule has 2 aromatic carbocycles. The molecule has 0 heterocycles. The average molecular weight is 372 g/mol. The number of amides is 1. The standard InChI is InChI=1S/C20H24N2O5/c1-3-5-11-26-14-16-12-15(9-10-19(16)27-4-2)20(23)21-17-7-6-8-18(13-17)22(24)25/h6-10,12-13H,3-5,11,14H2,1-2H3,(H,21,23). The molecule has 7 nitrogen and oxygen atoms in total. The highest BCUT2D eigenvalue weighted by molar-refractivity contribution is 6.04. The Hall–Kier alpha value is -2.93. The lowest BCUT2D eigenvalue weighted by Crippen LogP contribution is -2.13. The zero-order valence-corrected chi connectivity index (χ0v) is 15.6. The molecule has 2 rings (SSSR count). The zero-order chi connectivity index (χ0) is 19.6. The first-order valence-corrected chi connectivity index (χ1v) is 8.94. The number of nitro groups is 1. The number of unbranched alkanes of at least 4 members (excludes halogenated alkanes) is 1. The van der Waals surface area contributed by atoms with E-state index in [1.54, 1.807) is 24.3 Å². The number of nitrogens with zero attached hydrogens (tertiary/aromatic N) is 1. The van der Waals surface area contributed by atoms with E-state index < -0.39 is 4.92 Å². The van der Waals surface area contributed by atoms with Crippen LogP contribution in [-0.4, -0.2) is 24.0 Å². The molecule has 2 aromatic rings. The molecule has 7 heteroatoms. The predicted octanol–water partition coefficient (Wildman–Crippen LogP) is 4.56. The third-order valence-electron chi connectivity index (χ3n) is 3.84. The second-order valence-electron chi connectivity index (χ2n) is 5.92. The maximum atomic E-state index is 12.5. The Morgan fingerprint density at radius 3 is 2.70 bits per heavy atom. The maximum Gasteiger partial charge on any atom is 0.271 e. The van der Waals surface area contributed by atoms with E-state index in [0.717, 1.165) is 18.4 Å². The van der Waals surface area contributed by atoms with Crippen LogP contribution in [0.4, 0.5) is 11.4 Å². The number of anilines is 1. The molecule has 0 radical (unpaired) electrons. The van der Waals surface area contributed by atoms with Crippen molar-refractivity contribution in [2.75, 3.05) is 18.5 Å². The van der Waals surface area contributed by atoms with Gasteiger partial charge in [-0.3, -0.25) is 14.9 Å². The Balaban J connectivity index is 2.15. The number of non-ortho nitro benzene ring substituents is 1. The summed E-state index contributed by atoms with van der Waals surface area (Å²) in [5.41, 5.74) is 1.51. The molecule has 27 heavy (non-hydrogen) atoms. The van der Waals surface area contributed by atoms with E-state index in [0.29, 0.717) is 36.8 Å². The number of nitrogens with one attached hydrogen (secondary N) is 1. The normalized spacial score (nSPS) is 10.4. The van der Waals surface area contributed by atoms with Gasteiger partial charge in [0.15, 0.2) is 0 Å². The summed E-state index contributed by atoms with van der Waals surface area (Å²) in [4.78, 5) is 22.9. The first-order chi connectivity index (χ1) is 13.0. The van der Waals surface area contributed by atoms with Crippen molar-refractivity contribution in [3.05, 3.63) is 63.7 Å². The quantitative estimate of drug-likeness (QED) is 0.375. The van der Waals surface area contributed by atoms with E-state index in [2.05, 4.69) is 12.2 Å². The Bertz CT molecular complexity index is 792. The summed E-state index contributed by atoms with van der Waals surface area (Å²) < 4.78 is 11.3. The van der Waals surface area contributed by atoms with E-state index in [-0.39, 0.29) is 11.6 Å². The number of carbonyl (C=O) groups is 1. The smallest absolute Gasteiger partial charge is 0.271 e.